The van der Waals surface area contributed by atoms with Gasteiger partial charge in [-0.2, -0.15) is 8.78 Å². The summed E-state index contributed by atoms with van der Waals surface area (Å²) in [6.45, 7) is -2.95. The average molecular weight is 358 g/mol. The molecule has 0 amide bonds. The van der Waals surface area contributed by atoms with Crippen LogP contribution in [0.3, 0.4) is 0 Å². The molecule has 0 saturated carbocycles. The third-order valence-electron chi connectivity index (χ3n) is 1.80. The van der Waals surface area contributed by atoms with Crippen molar-refractivity contribution in [1.29, 1.82) is 0 Å². The molecule has 0 atom stereocenters. The number of halogens is 4. The highest BCUT2D eigenvalue weighted by molar-refractivity contribution is 9.10. The first kappa shape index (κ1) is 13.6. The zero-order valence-electron chi connectivity index (χ0n) is 8.05. The summed E-state index contributed by atoms with van der Waals surface area (Å²) in [4.78, 5) is 11.6. The zero-order valence-corrected chi connectivity index (χ0v) is 11.2. The van der Waals surface area contributed by atoms with Crippen LogP contribution in [0.2, 0.25) is 0 Å². The summed E-state index contributed by atoms with van der Waals surface area (Å²) in [5.41, 5.74) is 0.161. The van der Waals surface area contributed by atoms with Crippen molar-refractivity contribution < 1.29 is 18.3 Å². The molecule has 2 nitrogen and oxygen atoms in total. The normalized spacial score (nSPS) is 10.6. The number of carbonyl (C=O) groups is 1. The van der Waals surface area contributed by atoms with Gasteiger partial charge in [0.05, 0.1) is 10.0 Å². The van der Waals surface area contributed by atoms with E-state index >= 15 is 0 Å². The Balaban J connectivity index is 3.07. The maximum atomic E-state index is 12.2. The molecule has 0 N–H and O–H groups in total. The summed E-state index contributed by atoms with van der Waals surface area (Å²) in [5, 5.41) is 0.479. The number of carbonyl (C=O) groups excluding carboxylic acids is 1. The minimum atomic E-state index is -2.95. The molecule has 0 fully saturated rings. The first-order valence-electron chi connectivity index (χ1n) is 4.38. The van der Waals surface area contributed by atoms with Crippen molar-refractivity contribution in [1.82, 2.24) is 0 Å². The van der Waals surface area contributed by atoms with Gasteiger partial charge in [-0.05, 0) is 28.1 Å². The Bertz CT molecular complexity index is 383. The van der Waals surface area contributed by atoms with Crippen LogP contribution in [-0.4, -0.2) is 17.7 Å². The van der Waals surface area contributed by atoms with Crippen LogP contribution >= 0.6 is 31.9 Å². The van der Waals surface area contributed by atoms with Crippen LogP contribution in [0.15, 0.2) is 22.7 Å². The van der Waals surface area contributed by atoms with Crippen LogP contribution in [0.1, 0.15) is 16.8 Å². The van der Waals surface area contributed by atoms with E-state index in [1.807, 2.05) is 0 Å². The van der Waals surface area contributed by atoms with Gasteiger partial charge in [-0.15, -0.1) is 0 Å². The van der Waals surface area contributed by atoms with Crippen LogP contribution in [0.5, 0.6) is 5.75 Å². The molecule has 0 radical (unpaired) electrons. The summed E-state index contributed by atoms with van der Waals surface area (Å²) in [6, 6.07) is 4.61. The summed E-state index contributed by atoms with van der Waals surface area (Å²) >= 11 is 6.19. The first-order chi connectivity index (χ1) is 7.56. The van der Waals surface area contributed by atoms with Crippen LogP contribution in [0.25, 0.3) is 0 Å². The molecule has 6 heteroatoms. The Morgan fingerprint density at radius 3 is 2.69 bits per heavy atom. The highest BCUT2D eigenvalue weighted by Crippen LogP contribution is 2.31. The number of rotatable bonds is 5. The van der Waals surface area contributed by atoms with Crippen molar-refractivity contribution >= 4 is 37.6 Å². The molecule has 0 unspecified atom stereocenters. The second-order valence-electron chi connectivity index (χ2n) is 2.86. The van der Waals surface area contributed by atoms with Gasteiger partial charge in [-0.1, -0.05) is 22.0 Å². The fraction of sp³-hybridized carbons (Fsp3) is 0.300. The summed E-state index contributed by atoms with van der Waals surface area (Å²) < 4.78 is 29.0. The van der Waals surface area contributed by atoms with Gasteiger partial charge < -0.3 is 4.74 Å². The first-order valence-corrected chi connectivity index (χ1v) is 6.30. The summed E-state index contributed by atoms with van der Waals surface area (Å²) in [7, 11) is 0. The quantitative estimate of drug-likeness (QED) is 0.587. The number of alkyl halides is 3. The van der Waals surface area contributed by atoms with Gasteiger partial charge in [0.2, 0.25) is 0 Å². The molecule has 0 aromatic heterocycles. The number of benzene rings is 1. The second kappa shape index (κ2) is 6.30. The van der Waals surface area contributed by atoms with E-state index in [9.17, 15) is 13.6 Å². The monoisotopic (exact) mass is 356 g/mol. The third-order valence-corrected chi connectivity index (χ3v) is 2.82. The highest BCUT2D eigenvalue weighted by atomic mass is 79.9. The Kier molecular flexibility index (Phi) is 5.34. The maximum absolute atomic E-state index is 12.2. The molecule has 0 heterocycles. The fourth-order valence-electron chi connectivity index (χ4n) is 1.16. The summed E-state index contributed by atoms with van der Waals surface area (Å²) in [5.74, 6) is -0.350. The Morgan fingerprint density at radius 1 is 1.44 bits per heavy atom. The molecule has 88 valence electrons. The lowest BCUT2D eigenvalue weighted by atomic mass is 10.1. The molecule has 0 spiro atoms. The van der Waals surface area contributed by atoms with Gasteiger partial charge in [0.15, 0.2) is 11.5 Å². The average Bonchev–Trinajstić information content (AvgIpc) is 2.20. The van der Waals surface area contributed by atoms with Crippen LogP contribution in [-0.2, 0) is 0 Å². The van der Waals surface area contributed by atoms with Gasteiger partial charge in [-0.3, -0.25) is 4.79 Å². The van der Waals surface area contributed by atoms with Crippen molar-refractivity contribution in [2.75, 3.05) is 5.33 Å². The molecule has 16 heavy (non-hydrogen) atoms. The van der Waals surface area contributed by atoms with Crippen molar-refractivity contribution in [2.45, 2.75) is 13.0 Å². The van der Waals surface area contributed by atoms with Gasteiger partial charge in [0.1, 0.15) is 0 Å². The van der Waals surface area contributed by atoms with Gasteiger partial charge in [0.25, 0.3) is 0 Å². The van der Waals surface area contributed by atoms with Gasteiger partial charge in [-0.25, -0.2) is 0 Å². The highest BCUT2D eigenvalue weighted by Gasteiger charge is 2.17. The largest absolute Gasteiger partial charge is 0.433 e. The lowest BCUT2D eigenvalue weighted by molar-refractivity contribution is -0.0506. The Labute approximate surface area is 108 Å². The molecule has 0 bridgehead atoms. The molecule has 1 rings (SSSR count). The van der Waals surface area contributed by atoms with Crippen molar-refractivity contribution in [3.63, 3.8) is 0 Å². The van der Waals surface area contributed by atoms with Crippen molar-refractivity contribution in [3.05, 3.63) is 28.2 Å². The number of ether oxygens (including phenoxy) is 1. The molecule has 0 aliphatic rings. The van der Waals surface area contributed by atoms with Crippen molar-refractivity contribution in [3.8, 4) is 5.75 Å². The number of Topliss-reactive ketones (excluding diaryl/α,β-unsaturated/α-hetero) is 1. The minimum absolute atomic E-state index is 0.108. The molecular weight excluding hydrogens is 350 g/mol. The zero-order chi connectivity index (χ0) is 12.1. The standard InChI is InChI=1S/C10H8Br2F2O2/c11-5-4-8(15)6-2-1-3-7(12)9(6)16-10(13)14/h1-3,10H,4-5H2. The number of para-hydroxylation sites is 1. The molecule has 1 aromatic carbocycles. The lowest BCUT2D eigenvalue weighted by Crippen LogP contribution is -2.09. The van der Waals surface area contributed by atoms with E-state index in [1.165, 1.54) is 6.07 Å². The third kappa shape index (κ3) is 3.52. The van der Waals surface area contributed by atoms with Crippen LogP contribution in [0.4, 0.5) is 8.78 Å². The molecule has 0 aliphatic heterocycles. The lowest BCUT2D eigenvalue weighted by Gasteiger charge is -2.11. The molecule has 1 aromatic rings. The second-order valence-corrected chi connectivity index (χ2v) is 4.50. The minimum Gasteiger partial charge on any atom is -0.433 e. The van der Waals surface area contributed by atoms with Gasteiger partial charge in [0, 0.05) is 11.8 Å². The Hall–Kier alpha value is -0.490. The van der Waals surface area contributed by atoms with E-state index in [2.05, 4.69) is 36.6 Å². The molecular formula is C10H8Br2F2O2. The van der Waals surface area contributed by atoms with E-state index in [1.54, 1.807) is 12.1 Å². The fourth-order valence-corrected chi connectivity index (χ4v) is 1.98. The SMILES string of the molecule is O=C(CCBr)c1cccc(Br)c1OC(F)F. The van der Waals surface area contributed by atoms with Crippen LogP contribution in [0, 0.1) is 0 Å². The van der Waals surface area contributed by atoms with E-state index in [-0.39, 0.29) is 23.5 Å². The number of hydrogen-bond acceptors (Lipinski definition) is 2. The van der Waals surface area contributed by atoms with Crippen LogP contribution < -0.4 is 4.74 Å². The molecule has 0 saturated heterocycles. The smallest absolute Gasteiger partial charge is 0.387 e. The maximum Gasteiger partial charge on any atom is 0.387 e. The molecule has 0 aliphatic carbocycles. The van der Waals surface area contributed by atoms with E-state index in [4.69, 9.17) is 0 Å². The number of hydrogen-bond donors (Lipinski definition) is 0. The predicted octanol–water partition coefficient (Wildman–Crippen LogP) is 4.02. The Morgan fingerprint density at radius 2 is 2.12 bits per heavy atom. The van der Waals surface area contributed by atoms with Crippen molar-refractivity contribution in [2.24, 2.45) is 0 Å². The summed E-state index contributed by atoms with van der Waals surface area (Å²) in [6.07, 6.45) is 0.232. The predicted molar refractivity (Wildman–Crippen MR) is 63.5 cm³/mol. The van der Waals surface area contributed by atoms with E-state index < -0.39 is 6.61 Å². The van der Waals surface area contributed by atoms with E-state index in [0.717, 1.165) is 0 Å². The van der Waals surface area contributed by atoms with E-state index in [0.29, 0.717) is 9.80 Å². The number of ketones is 1. The van der Waals surface area contributed by atoms with Gasteiger partial charge >= 0.3 is 6.61 Å². The topological polar surface area (TPSA) is 26.3 Å².